The highest BCUT2D eigenvalue weighted by atomic mass is 16.5. The minimum Gasteiger partial charge on any atom is -0.378 e. The highest BCUT2D eigenvalue weighted by Crippen LogP contribution is 2.22. The van der Waals surface area contributed by atoms with E-state index in [1.807, 2.05) is 0 Å². The summed E-state index contributed by atoms with van der Waals surface area (Å²) in [6.45, 7) is 7.22. The van der Waals surface area contributed by atoms with E-state index in [4.69, 9.17) is 9.84 Å². The van der Waals surface area contributed by atoms with Crippen LogP contribution in [0.4, 0.5) is 0 Å². The molecule has 0 radical (unpaired) electrons. The van der Waals surface area contributed by atoms with Crippen molar-refractivity contribution in [3.05, 3.63) is 17.0 Å². The Balaban J connectivity index is 1.58. The number of nitrogens with zero attached hydrogens (tertiary/aromatic N) is 2. The summed E-state index contributed by atoms with van der Waals surface area (Å²) in [5.41, 5.74) is 3.89. The van der Waals surface area contributed by atoms with Crippen LogP contribution in [0.5, 0.6) is 0 Å². The molecule has 0 bridgehead atoms. The van der Waals surface area contributed by atoms with E-state index in [-0.39, 0.29) is 0 Å². The molecular weight excluding hydrogens is 238 g/mol. The van der Waals surface area contributed by atoms with Gasteiger partial charge >= 0.3 is 0 Å². The predicted molar refractivity (Wildman–Crippen MR) is 75.2 cm³/mol. The Labute approximate surface area is 115 Å². The third kappa shape index (κ3) is 3.18. The number of aryl methyl sites for hydroxylation is 2. The second-order valence-corrected chi connectivity index (χ2v) is 5.95. The van der Waals surface area contributed by atoms with E-state index in [0.29, 0.717) is 6.10 Å². The molecule has 1 N–H and O–H groups in total. The molecule has 1 aromatic heterocycles. The van der Waals surface area contributed by atoms with Crippen LogP contribution in [0.2, 0.25) is 0 Å². The van der Waals surface area contributed by atoms with Gasteiger partial charge in [0, 0.05) is 37.0 Å². The van der Waals surface area contributed by atoms with Gasteiger partial charge in [-0.3, -0.25) is 4.68 Å². The molecule has 3 rings (SSSR count). The second kappa shape index (κ2) is 5.63. The van der Waals surface area contributed by atoms with Gasteiger partial charge in [-0.05, 0) is 46.0 Å². The van der Waals surface area contributed by atoms with Crippen molar-refractivity contribution in [3.63, 3.8) is 0 Å². The summed E-state index contributed by atoms with van der Waals surface area (Å²) in [6, 6.07) is 0.758. The largest absolute Gasteiger partial charge is 0.378 e. The molecular formula is C15H25N3O. The Kier molecular flexibility index (Phi) is 3.89. The van der Waals surface area contributed by atoms with Gasteiger partial charge in [-0.15, -0.1) is 0 Å². The smallest absolute Gasteiger partial charge is 0.0641 e. The lowest BCUT2D eigenvalue weighted by Gasteiger charge is -2.10. The van der Waals surface area contributed by atoms with Crippen molar-refractivity contribution in [1.82, 2.24) is 15.1 Å². The molecule has 1 atom stereocenters. The van der Waals surface area contributed by atoms with Crippen molar-refractivity contribution >= 4 is 0 Å². The molecule has 1 saturated heterocycles. The van der Waals surface area contributed by atoms with Crippen molar-refractivity contribution in [2.24, 2.45) is 0 Å². The molecule has 1 aliphatic heterocycles. The summed E-state index contributed by atoms with van der Waals surface area (Å²) >= 11 is 0. The van der Waals surface area contributed by atoms with Crippen molar-refractivity contribution in [1.29, 1.82) is 0 Å². The fraction of sp³-hybridized carbons (Fsp3) is 0.800. The SMILES string of the molecule is Cc1nn(CCC2CCCO2)c(C)c1CNC1CC1. The van der Waals surface area contributed by atoms with E-state index in [1.165, 1.54) is 42.6 Å². The molecule has 106 valence electrons. The highest BCUT2D eigenvalue weighted by Gasteiger charge is 2.22. The van der Waals surface area contributed by atoms with Crippen LogP contribution in [0.25, 0.3) is 0 Å². The third-order valence-corrected chi connectivity index (χ3v) is 4.36. The number of hydrogen-bond donors (Lipinski definition) is 1. The molecule has 4 nitrogen and oxygen atoms in total. The van der Waals surface area contributed by atoms with Gasteiger partial charge in [-0.2, -0.15) is 5.10 Å². The predicted octanol–water partition coefficient (Wildman–Crippen LogP) is 2.32. The van der Waals surface area contributed by atoms with Crippen LogP contribution < -0.4 is 5.32 Å². The number of rotatable bonds is 6. The lowest BCUT2D eigenvalue weighted by Crippen LogP contribution is -2.16. The topological polar surface area (TPSA) is 39.1 Å². The minimum atomic E-state index is 0.456. The van der Waals surface area contributed by atoms with Crippen molar-refractivity contribution in [2.75, 3.05) is 6.61 Å². The first-order chi connectivity index (χ1) is 9.24. The summed E-state index contributed by atoms with van der Waals surface area (Å²) < 4.78 is 7.85. The van der Waals surface area contributed by atoms with Gasteiger partial charge in [-0.1, -0.05) is 0 Å². The van der Waals surface area contributed by atoms with Crippen molar-refractivity contribution < 1.29 is 4.74 Å². The Hall–Kier alpha value is -0.870. The normalized spacial score (nSPS) is 23.2. The summed E-state index contributed by atoms with van der Waals surface area (Å²) in [5, 5.41) is 8.28. The van der Waals surface area contributed by atoms with Gasteiger partial charge in [0.15, 0.2) is 0 Å². The molecule has 0 amide bonds. The van der Waals surface area contributed by atoms with E-state index in [2.05, 4.69) is 23.8 Å². The Morgan fingerprint density at radius 3 is 2.84 bits per heavy atom. The summed E-state index contributed by atoms with van der Waals surface area (Å²) in [6.07, 6.45) is 6.67. The van der Waals surface area contributed by atoms with Crippen LogP contribution in [-0.2, 0) is 17.8 Å². The Bertz CT molecular complexity index is 431. The number of hydrogen-bond acceptors (Lipinski definition) is 3. The molecule has 2 aliphatic rings. The zero-order chi connectivity index (χ0) is 13.2. The van der Waals surface area contributed by atoms with Gasteiger partial charge < -0.3 is 10.1 Å². The maximum absolute atomic E-state index is 5.69. The Morgan fingerprint density at radius 2 is 2.16 bits per heavy atom. The van der Waals surface area contributed by atoms with Crippen LogP contribution in [0.15, 0.2) is 0 Å². The zero-order valence-electron chi connectivity index (χ0n) is 12.1. The minimum absolute atomic E-state index is 0.456. The average molecular weight is 263 g/mol. The molecule has 1 aromatic rings. The van der Waals surface area contributed by atoms with Gasteiger partial charge in [0.2, 0.25) is 0 Å². The van der Waals surface area contributed by atoms with Gasteiger partial charge in [0.05, 0.1) is 11.8 Å². The van der Waals surface area contributed by atoms with Crippen LogP contribution in [0, 0.1) is 13.8 Å². The Morgan fingerprint density at radius 1 is 1.32 bits per heavy atom. The quantitative estimate of drug-likeness (QED) is 0.856. The highest BCUT2D eigenvalue weighted by molar-refractivity contribution is 5.24. The van der Waals surface area contributed by atoms with E-state index in [0.717, 1.165) is 32.2 Å². The van der Waals surface area contributed by atoms with Crippen LogP contribution in [0.1, 0.15) is 49.1 Å². The fourth-order valence-electron chi connectivity index (χ4n) is 2.88. The molecule has 2 heterocycles. The van der Waals surface area contributed by atoms with Crippen LogP contribution in [0.3, 0.4) is 0 Å². The third-order valence-electron chi connectivity index (χ3n) is 4.36. The first kappa shape index (κ1) is 13.1. The number of ether oxygens (including phenoxy) is 1. The van der Waals surface area contributed by atoms with Gasteiger partial charge in [0.25, 0.3) is 0 Å². The first-order valence-corrected chi connectivity index (χ1v) is 7.62. The first-order valence-electron chi connectivity index (χ1n) is 7.62. The fourth-order valence-corrected chi connectivity index (χ4v) is 2.88. The maximum atomic E-state index is 5.69. The van der Waals surface area contributed by atoms with E-state index >= 15 is 0 Å². The molecule has 1 saturated carbocycles. The molecule has 19 heavy (non-hydrogen) atoms. The molecule has 0 spiro atoms. The number of aromatic nitrogens is 2. The molecule has 2 fully saturated rings. The van der Waals surface area contributed by atoms with Crippen LogP contribution in [-0.4, -0.2) is 28.5 Å². The molecule has 1 unspecified atom stereocenters. The second-order valence-electron chi connectivity index (χ2n) is 5.95. The van der Waals surface area contributed by atoms with Crippen LogP contribution >= 0.6 is 0 Å². The molecule has 0 aromatic carbocycles. The van der Waals surface area contributed by atoms with Crippen molar-refractivity contribution in [3.8, 4) is 0 Å². The van der Waals surface area contributed by atoms with E-state index in [1.54, 1.807) is 0 Å². The number of nitrogens with one attached hydrogen (secondary N) is 1. The van der Waals surface area contributed by atoms with E-state index < -0.39 is 0 Å². The summed E-state index contributed by atoms with van der Waals surface area (Å²) in [7, 11) is 0. The zero-order valence-corrected chi connectivity index (χ0v) is 12.1. The molecule has 4 heteroatoms. The van der Waals surface area contributed by atoms with Crippen molar-refractivity contribution in [2.45, 2.75) is 71.2 Å². The lowest BCUT2D eigenvalue weighted by molar-refractivity contribution is 0.0992. The summed E-state index contributed by atoms with van der Waals surface area (Å²) in [4.78, 5) is 0. The standard InChI is InChI=1S/C15H25N3O/c1-11-15(10-16-13-5-6-13)12(2)18(17-11)8-7-14-4-3-9-19-14/h13-14,16H,3-10H2,1-2H3. The maximum Gasteiger partial charge on any atom is 0.0641 e. The van der Waals surface area contributed by atoms with E-state index in [9.17, 15) is 0 Å². The summed E-state index contributed by atoms with van der Waals surface area (Å²) in [5.74, 6) is 0. The monoisotopic (exact) mass is 263 g/mol. The van der Waals surface area contributed by atoms with Gasteiger partial charge in [-0.25, -0.2) is 0 Å². The molecule has 1 aliphatic carbocycles. The lowest BCUT2D eigenvalue weighted by atomic mass is 10.1. The average Bonchev–Trinajstić information content (AvgIpc) is 2.99. The van der Waals surface area contributed by atoms with Gasteiger partial charge in [0.1, 0.15) is 0 Å².